The molecule has 29 heavy (non-hydrogen) atoms. The van der Waals surface area contributed by atoms with Crippen LogP contribution in [0.2, 0.25) is 18.1 Å². The first-order chi connectivity index (χ1) is 13.2. The number of amides is 1. The highest BCUT2D eigenvalue weighted by atomic mass is 28.4. The van der Waals surface area contributed by atoms with Crippen LogP contribution in [-0.4, -0.2) is 44.6 Å². The van der Waals surface area contributed by atoms with Crippen LogP contribution >= 0.6 is 0 Å². The van der Waals surface area contributed by atoms with Crippen LogP contribution in [-0.2, 0) is 9.16 Å². The second-order valence-corrected chi connectivity index (χ2v) is 15.5. The van der Waals surface area contributed by atoms with Crippen LogP contribution in [0.15, 0.2) is 24.3 Å². The Kier molecular flexibility index (Phi) is 7.21. The average molecular weight is 424 g/mol. The number of halogens is 1. The third-order valence-corrected chi connectivity index (χ3v) is 10.6. The van der Waals surface area contributed by atoms with E-state index in [0.717, 1.165) is 12.0 Å². The van der Waals surface area contributed by atoms with Gasteiger partial charge in [-0.3, -0.25) is 0 Å². The number of carbonyl (C=O) groups excluding carboxylic acids is 1. The third kappa shape index (κ3) is 6.54. The van der Waals surface area contributed by atoms with Crippen LogP contribution in [0.1, 0.15) is 59.4 Å². The standard InChI is InChI=1S/C23H38FNO3Si/c1-22(2,3)28-21(26)25-14-13-20(17-9-11-19(24)12-10-17)18(15-25)16-27-29(7,8)23(4,5)6/h9-12,18,20H,13-16H2,1-8H3/t18-,20-/m0/s1. The van der Waals surface area contributed by atoms with Crippen LogP contribution in [0.25, 0.3) is 0 Å². The molecule has 0 aliphatic carbocycles. The van der Waals surface area contributed by atoms with Gasteiger partial charge in [-0.2, -0.15) is 0 Å². The van der Waals surface area contributed by atoms with E-state index in [0.29, 0.717) is 19.7 Å². The molecule has 2 atom stereocenters. The molecule has 1 aliphatic heterocycles. The second kappa shape index (κ2) is 8.76. The van der Waals surface area contributed by atoms with E-state index in [9.17, 15) is 9.18 Å². The van der Waals surface area contributed by atoms with E-state index in [-0.39, 0.29) is 28.8 Å². The molecular formula is C23H38FNO3Si. The van der Waals surface area contributed by atoms with Crippen LogP contribution in [0.4, 0.5) is 9.18 Å². The maximum absolute atomic E-state index is 13.4. The SMILES string of the molecule is CC(C)(C)OC(=O)N1CC[C@@H](c2ccc(F)cc2)[C@H](CO[Si](C)(C)C(C)(C)C)C1. The van der Waals surface area contributed by atoms with E-state index in [4.69, 9.17) is 9.16 Å². The van der Waals surface area contributed by atoms with Gasteiger partial charge in [-0.25, -0.2) is 9.18 Å². The van der Waals surface area contributed by atoms with Crippen molar-refractivity contribution in [2.24, 2.45) is 5.92 Å². The summed E-state index contributed by atoms with van der Waals surface area (Å²) < 4.78 is 25.5. The van der Waals surface area contributed by atoms with Gasteiger partial charge in [-0.15, -0.1) is 0 Å². The number of hydrogen-bond acceptors (Lipinski definition) is 3. The van der Waals surface area contributed by atoms with Crippen molar-refractivity contribution in [3.05, 3.63) is 35.6 Å². The van der Waals surface area contributed by atoms with Crippen molar-refractivity contribution in [2.45, 2.75) is 77.6 Å². The summed E-state index contributed by atoms with van der Waals surface area (Å²) in [4.78, 5) is 14.4. The molecule has 1 amide bonds. The molecule has 0 saturated carbocycles. The predicted octanol–water partition coefficient (Wildman–Crippen LogP) is 6.19. The molecule has 1 aromatic carbocycles. The molecule has 4 nitrogen and oxygen atoms in total. The van der Waals surface area contributed by atoms with Crippen molar-refractivity contribution in [3.8, 4) is 0 Å². The topological polar surface area (TPSA) is 38.8 Å². The van der Waals surface area contributed by atoms with Crippen molar-refractivity contribution in [1.82, 2.24) is 4.90 Å². The van der Waals surface area contributed by atoms with E-state index in [1.807, 2.05) is 32.9 Å². The van der Waals surface area contributed by atoms with Gasteiger partial charge in [0.15, 0.2) is 8.32 Å². The van der Waals surface area contributed by atoms with Crippen LogP contribution in [0, 0.1) is 11.7 Å². The fourth-order valence-electron chi connectivity index (χ4n) is 3.37. The molecule has 1 heterocycles. The molecular weight excluding hydrogens is 385 g/mol. The van der Waals surface area contributed by atoms with E-state index in [2.05, 4.69) is 33.9 Å². The van der Waals surface area contributed by atoms with Crippen LogP contribution in [0.5, 0.6) is 0 Å². The van der Waals surface area contributed by atoms with Gasteiger partial charge in [0.1, 0.15) is 11.4 Å². The van der Waals surface area contributed by atoms with Gasteiger partial charge < -0.3 is 14.1 Å². The summed E-state index contributed by atoms with van der Waals surface area (Å²) in [6.07, 6.45) is 0.545. The summed E-state index contributed by atoms with van der Waals surface area (Å²) in [7, 11) is -1.91. The van der Waals surface area contributed by atoms with Crippen LogP contribution < -0.4 is 0 Å². The normalized spacial score (nSPS) is 21.2. The lowest BCUT2D eigenvalue weighted by Crippen LogP contribution is -2.48. The molecule has 164 valence electrons. The number of likely N-dealkylation sites (tertiary alicyclic amines) is 1. The summed E-state index contributed by atoms with van der Waals surface area (Å²) in [5, 5.41) is 0.123. The van der Waals surface area contributed by atoms with Crippen molar-refractivity contribution < 1.29 is 18.3 Å². The molecule has 0 radical (unpaired) electrons. The Balaban J connectivity index is 2.19. The number of hydrogen-bond donors (Lipinski definition) is 0. The molecule has 6 heteroatoms. The van der Waals surface area contributed by atoms with Gasteiger partial charge in [0.25, 0.3) is 0 Å². The Bertz CT molecular complexity index is 692. The number of nitrogens with zero attached hydrogens (tertiary/aromatic N) is 1. The fraction of sp³-hybridized carbons (Fsp3) is 0.696. The highest BCUT2D eigenvalue weighted by Crippen LogP contribution is 2.39. The first-order valence-electron chi connectivity index (χ1n) is 10.6. The minimum Gasteiger partial charge on any atom is -0.444 e. The van der Waals surface area contributed by atoms with Crippen molar-refractivity contribution >= 4 is 14.4 Å². The second-order valence-electron chi connectivity index (χ2n) is 10.7. The quantitative estimate of drug-likeness (QED) is 0.542. The highest BCUT2D eigenvalue weighted by Gasteiger charge is 2.40. The Morgan fingerprint density at radius 3 is 2.24 bits per heavy atom. The summed E-state index contributed by atoms with van der Waals surface area (Å²) in [5.74, 6) is 0.156. The molecule has 0 N–H and O–H groups in total. The van der Waals surface area contributed by atoms with Gasteiger partial charge >= 0.3 is 6.09 Å². The van der Waals surface area contributed by atoms with E-state index in [1.165, 1.54) is 12.1 Å². The highest BCUT2D eigenvalue weighted by molar-refractivity contribution is 6.74. The smallest absolute Gasteiger partial charge is 0.410 e. The lowest BCUT2D eigenvalue weighted by molar-refractivity contribution is 0.0106. The van der Waals surface area contributed by atoms with E-state index < -0.39 is 13.9 Å². The van der Waals surface area contributed by atoms with Gasteiger partial charge in [0.2, 0.25) is 0 Å². The molecule has 0 aromatic heterocycles. The van der Waals surface area contributed by atoms with Gasteiger partial charge in [0, 0.05) is 25.6 Å². The first-order valence-corrected chi connectivity index (χ1v) is 13.5. The number of rotatable bonds is 4. The van der Waals surface area contributed by atoms with Crippen molar-refractivity contribution in [1.29, 1.82) is 0 Å². The lowest BCUT2D eigenvalue weighted by atomic mass is 9.81. The Labute approximate surface area is 176 Å². The Morgan fingerprint density at radius 1 is 1.14 bits per heavy atom. The largest absolute Gasteiger partial charge is 0.444 e. The molecule has 1 aliphatic rings. The van der Waals surface area contributed by atoms with Gasteiger partial charge in [-0.05, 0) is 68.9 Å². The number of piperidine rings is 1. The third-order valence-electron chi connectivity index (χ3n) is 6.15. The molecule has 0 unspecified atom stereocenters. The number of ether oxygens (including phenoxy) is 1. The summed E-state index contributed by atoms with van der Waals surface area (Å²) in [5.41, 5.74) is 0.594. The predicted molar refractivity (Wildman–Crippen MR) is 118 cm³/mol. The van der Waals surface area contributed by atoms with Crippen LogP contribution in [0.3, 0.4) is 0 Å². The Morgan fingerprint density at radius 2 is 1.72 bits per heavy atom. The monoisotopic (exact) mass is 423 g/mol. The minimum atomic E-state index is -1.91. The lowest BCUT2D eigenvalue weighted by Gasteiger charge is -2.42. The maximum Gasteiger partial charge on any atom is 0.410 e. The fourth-order valence-corrected chi connectivity index (χ4v) is 4.44. The van der Waals surface area contributed by atoms with E-state index >= 15 is 0 Å². The van der Waals surface area contributed by atoms with Crippen molar-refractivity contribution in [3.63, 3.8) is 0 Å². The van der Waals surface area contributed by atoms with Crippen molar-refractivity contribution in [2.75, 3.05) is 19.7 Å². The zero-order valence-electron chi connectivity index (χ0n) is 19.3. The average Bonchev–Trinajstić information content (AvgIpc) is 2.58. The molecule has 1 fully saturated rings. The summed E-state index contributed by atoms with van der Waals surface area (Å²) in [6.45, 7) is 18.6. The molecule has 1 saturated heterocycles. The summed E-state index contributed by atoms with van der Waals surface area (Å²) >= 11 is 0. The van der Waals surface area contributed by atoms with Gasteiger partial charge in [-0.1, -0.05) is 32.9 Å². The first kappa shape index (κ1) is 23.9. The Hall–Kier alpha value is -1.40. The molecule has 0 spiro atoms. The van der Waals surface area contributed by atoms with E-state index in [1.54, 1.807) is 4.90 Å². The van der Waals surface area contributed by atoms with Gasteiger partial charge in [0.05, 0.1) is 0 Å². The summed E-state index contributed by atoms with van der Waals surface area (Å²) in [6, 6.07) is 6.76. The molecule has 0 bridgehead atoms. The minimum absolute atomic E-state index is 0.123. The molecule has 1 aromatic rings. The maximum atomic E-state index is 13.4. The number of benzene rings is 1. The molecule has 2 rings (SSSR count). The zero-order valence-corrected chi connectivity index (χ0v) is 20.3. The zero-order chi connectivity index (χ0) is 22.0. The number of carbonyl (C=O) groups is 1.